The monoisotopic (exact) mass is 413 g/mol. The Morgan fingerprint density at radius 2 is 2.36 bits per heavy atom. The van der Waals surface area contributed by atoms with Gasteiger partial charge in [-0.2, -0.15) is 0 Å². The molecule has 3 atom stereocenters. The summed E-state index contributed by atoms with van der Waals surface area (Å²) in [5.74, 6) is 0.0839. The molecule has 1 N–H and O–H groups in total. The minimum absolute atomic E-state index is 0.00246. The molecular weight excluding hydrogens is 393 g/mol. The number of benzene rings is 1. The van der Waals surface area contributed by atoms with Crippen molar-refractivity contribution in [3.05, 3.63) is 40.0 Å². The van der Waals surface area contributed by atoms with Gasteiger partial charge in [-0.3, -0.25) is 4.79 Å². The van der Waals surface area contributed by atoms with Gasteiger partial charge < -0.3 is 14.7 Å². The minimum atomic E-state index is -0.903. The maximum atomic E-state index is 13.1. The number of nitrogens with zero attached hydrogens (tertiary/aromatic N) is 1. The molecule has 1 spiro atoms. The maximum Gasteiger partial charge on any atom is 0.264 e. The molecule has 118 valence electrons. The lowest BCUT2D eigenvalue weighted by Crippen LogP contribution is -2.44. The molecule has 2 aliphatic heterocycles. The Kier molecular flexibility index (Phi) is 4.31. The molecule has 0 radical (unpaired) electrons. The molecule has 1 saturated heterocycles. The third-order valence-corrected chi connectivity index (χ3v) is 5.31. The second kappa shape index (κ2) is 5.94. The van der Waals surface area contributed by atoms with Crippen LogP contribution in [0.5, 0.6) is 0 Å². The summed E-state index contributed by atoms with van der Waals surface area (Å²) in [6.07, 6.45) is 3.03. The van der Waals surface area contributed by atoms with Crippen molar-refractivity contribution in [2.45, 2.75) is 31.5 Å². The maximum absolute atomic E-state index is 13.1. The Balaban J connectivity index is 2.10. The summed E-state index contributed by atoms with van der Waals surface area (Å²) < 4.78 is 7.33. The van der Waals surface area contributed by atoms with E-state index in [1.54, 1.807) is 11.0 Å². The van der Waals surface area contributed by atoms with E-state index in [-0.39, 0.29) is 24.5 Å². The highest BCUT2D eigenvalue weighted by atomic mass is 127. The summed E-state index contributed by atoms with van der Waals surface area (Å²) in [6, 6.07) is 6.05. The minimum Gasteiger partial charge on any atom is -0.396 e. The van der Waals surface area contributed by atoms with Crippen LogP contribution in [0.2, 0.25) is 0 Å². The first-order chi connectivity index (χ1) is 10.5. The van der Waals surface area contributed by atoms with Gasteiger partial charge in [-0.15, -0.1) is 6.58 Å². The molecule has 0 aromatic heterocycles. The van der Waals surface area contributed by atoms with Crippen LogP contribution < -0.4 is 4.90 Å². The van der Waals surface area contributed by atoms with Crippen molar-refractivity contribution in [3.63, 3.8) is 0 Å². The standard InChI is InChI=1S/C17H20INO3/c1-3-7-19-15-5-4-12(18)10-14(15)17(16(19)21)11(2)9-13(22-17)6-8-20/h3-5,10-11,13,20H,1,6-9H2,2H3/t11-,13+,17+/m0/s1. The van der Waals surface area contributed by atoms with Crippen LogP contribution in [0.15, 0.2) is 30.9 Å². The van der Waals surface area contributed by atoms with Crippen molar-refractivity contribution in [1.29, 1.82) is 0 Å². The van der Waals surface area contributed by atoms with E-state index in [0.717, 1.165) is 21.2 Å². The fourth-order valence-electron chi connectivity index (χ4n) is 3.67. The van der Waals surface area contributed by atoms with Crippen molar-refractivity contribution >= 4 is 34.2 Å². The summed E-state index contributed by atoms with van der Waals surface area (Å²) in [4.78, 5) is 14.9. The van der Waals surface area contributed by atoms with Crippen LogP contribution >= 0.6 is 22.6 Å². The van der Waals surface area contributed by atoms with E-state index >= 15 is 0 Å². The summed E-state index contributed by atoms with van der Waals surface area (Å²) in [5, 5.41) is 9.20. The van der Waals surface area contributed by atoms with Crippen LogP contribution in [-0.2, 0) is 15.1 Å². The largest absolute Gasteiger partial charge is 0.396 e. The van der Waals surface area contributed by atoms with Gasteiger partial charge in [-0.25, -0.2) is 0 Å². The van der Waals surface area contributed by atoms with E-state index in [1.165, 1.54) is 0 Å². The van der Waals surface area contributed by atoms with Crippen molar-refractivity contribution in [2.75, 3.05) is 18.1 Å². The van der Waals surface area contributed by atoms with Crippen molar-refractivity contribution in [2.24, 2.45) is 5.92 Å². The molecule has 5 heteroatoms. The lowest BCUT2D eigenvalue weighted by molar-refractivity contribution is -0.146. The fraction of sp³-hybridized carbons (Fsp3) is 0.471. The number of anilines is 1. The summed E-state index contributed by atoms with van der Waals surface area (Å²) in [7, 11) is 0. The molecule has 0 saturated carbocycles. The number of hydrogen-bond acceptors (Lipinski definition) is 3. The smallest absolute Gasteiger partial charge is 0.264 e. The molecule has 1 aromatic rings. The van der Waals surface area contributed by atoms with Gasteiger partial charge in [-0.1, -0.05) is 13.0 Å². The van der Waals surface area contributed by atoms with E-state index in [1.807, 2.05) is 12.1 Å². The van der Waals surface area contributed by atoms with Gasteiger partial charge in [0.25, 0.3) is 5.91 Å². The van der Waals surface area contributed by atoms with E-state index in [4.69, 9.17) is 4.74 Å². The molecular formula is C17H20INO3. The second-order valence-corrected chi connectivity index (χ2v) is 7.24. The summed E-state index contributed by atoms with van der Waals surface area (Å²) >= 11 is 2.26. The zero-order valence-corrected chi connectivity index (χ0v) is 14.7. The van der Waals surface area contributed by atoms with E-state index < -0.39 is 5.60 Å². The topological polar surface area (TPSA) is 49.8 Å². The lowest BCUT2D eigenvalue weighted by atomic mass is 9.83. The first-order valence-electron chi connectivity index (χ1n) is 7.56. The molecule has 3 rings (SSSR count). The molecule has 4 nitrogen and oxygen atoms in total. The first-order valence-corrected chi connectivity index (χ1v) is 8.64. The molecule has 0 aliphatic carbocycles. The van der Waals surface area contributed by atoms with Crippen LogP contribution in [0, 0.1) is 9.49 Å². The molecule has 1 amide bonds. The molecule has 2 heterocycles. The Hall–Kier alpha value is -0.920. The Morgan fingerprint density at radius 3 is 3.05 bits per heavy atom. The number of ether oxygens (including phenoxy) is 1. The van der Waals surface area contributed by atoms with E-state index in [9.17, 15) is 9.90 Å². The highest BCUT2D eigenvalue weighted by molar-refractivity contribution is 14.1. The molecule has 0 unspecified atom stereocenters. The fourth-order valence-corrected chi connectivity index (χ4v) is 4.17. The van der Waals surface area contributed by atoms with Gasteiger partial charge in [0.1, 0.15) is 0 Å². The van der Waals surface area contributed by atoms with Gasteiger partial charge >= 0.3 is 0 Å². The third-order valence-electron chi connectivity index (χ3n) is 4.64. The van der Waals surface area contributed by atoms with Crippen LogP contribution in [0.1, 0.15) is 25.3 Å². The van der Waals surface area contributed by atoms with Crippen LogP contribution in [-0.4, -0.2) is 30.3 Å². The highest BCUT2D eigenvalue weighted by Gasteiger charge is 2.59. The Bertz CT molecular complexity index is 618. The predicted octanol–water partition coefficient (Wildman–Crippen LogP) is 2.83. The number of aliphatic hydroxyl groups is 1. The SMILES string of the molecule is C=CCN1C(=O)[C@]2(O[C@H](CCO)C[C@@H]2C)c2cc(I)ccc21. The van der Waals surface area contributed by atoms with Gasteiger partial charge in [0.05, 0.1) is 11.8 Å². The number of rotatable bonds is 4. The zero-order chi connectivity index (χ0) is 15.9. The van der Waals surface area contributed by atoms with Gasteiger partial charge in [0.2, 0.25) is 0 Å². The van der Waals surface area contributed by atoms with Crippen molar-refractivity contribution < 1.29 is 14.6 Å². The van der Waals surface area contributed by atoms with Crippen molar-refractivity contribution in [3.8, 4) is 0 Å². The number of hydrogen-bond donors (Lipinski definition) is 1. The normalized spacial score (nSPS) is 30.1. The Labute approximate surface area is 144 Å². The molecule has 22 heavy (non-hydrogen) atoms. The molecule has 0 bridgehead atoms. The summed E-state index contributed by atoms with van der Waals surface area (Å²) in [6.45, 7) is 6.39. The first kappa shape index (κ1) is 16.0. The van der Waals surface area contributed by atoms with Crippen LogP contribution in [0.3, 0.4) is 0 Å². The highest BCUT2D eigenvalue weighted by Crippen LogP contribution is 2.53. The zero-order valence-electron chi connectivity index (χ0n) is 12.6. The van der Waals surface area contributed by atoms with Crippen LogP contribution in [0.25, 0.3) is 0 Å². The number of aliphatic hydroxyl groups excluding tert-OH is 1. The lowest BCUT2D eigenvalue weighted by Gasteiger charge is -2.28. The molecule has 1 aromatic carbocycles. The van der Waals surface area contributed by atoms with Gasteiger partial charge in [0.15, 0.2) is 5.60 Å². The quantitative estimate of drug-likeness (QED) is 0.610. The summed E-state index contributed by atoms with van der Waals surface area (Å²) in [5.41, 5.74) is 0.973. The predicted molar refractivity (Wildman–Crippen MR) is 93.7 cm³/mol. The number of carbonyl (C=O) groups excluding carboxylic acids is 1. The Morgan fingerprint density at radius 1 is 1.59 bits per heavy atom. The second-order valence-electron chi connectivity index (χ2n) is 5.99. The number of fused-ring (bicyclic) bond motifs is 2. The third kappa shape index (κ3) is 2.21. The molecule has 1 fully saturated rings. The van der Waals surface area contributed by atoms with E-state index in [2.05, 4.69) is 42.2 Å². The number of amides is 1. The number of carbonyl (C=O) groups is 1. The van der Waals surface area contributed by atoms with Gasteiger partial charge in [-0.05, 0) is 53.6 Å². The average Bonchev–Trinajstić information content (AvgIpc) is 2.92. The number of halogens is 1. The molecule has 2 aliphatic rings. The van der Waals surface area contributed by atoms with Crippen LogP contribution in [0.4, 0.5) is 5.69 Å². The van der Waals surface area contributed by atoms with E-state index in [0.29, 0.717) is 13.0 Å². The van der Waals surface area contributed by atoms with Gasteiger partial charge in [0, 0.05) is 28.2 Å². The average molecular weight is 413 g/mol. The van der Waals surface area contributed by atoms with Crippen molar-refractivity contribution in [1.82, 2.24) is 0 Å².